The van der Waals surface area contributed by atoms with E-state index in [2.05, 4.69) is 26.0 Å². The summed E-state index contributed by atoms with van der Waals surface area (Å²) in [6.45, 7) is 0. The van der Waals surface area contributed by atoms with Crippen molar-refractivity contribution >= 4 is 44.4 Å². The molecule has 0 spiro atoms. The molecule has 4 aromatic rings. The van der Waals surface area contributed by atoms with E-state index in [1.807, 2.05) is 60.7 Å². The summed E-state index contributed by atoms with van der Waals surface area (Å²) >= 11 is 4.98. The maximum absolute atomic E-state index is 13.0. The monoisotopic (exact) mass is 409 g/mol. The number of benzene rings is 2. The lowest BCUT2D eigenvalue weighted by atomic mass is 10.2. The van der Waals surface area contributed by atoms with E-state index < -0.39 is 0 Å². The van der Waals surface area contributed by atoms with Crippen molar-refractivity contribution in [1.82, 2.24) is 9.66 Å². The fourth-order valence-electron chi connectivity index (χ4n) is 2.52. The highest BCUT2D eigenvalue weighted by atomic mass is 79.9. The maximum Gasteiger partial charge on any atom is 0.282 e. The smallest absolute Gasteiger partial charge is 0.267 e. The van der Waals surface area contributed by atoms with Crippen molar-refractivity contribution in [2.75, 3.05) is 0 Å². The molecule has 2 aromatic heterocycles. The Morgan fingerprint density at radius 2 is 1.76 bits per heavy atom. The summed E-state index contributed by atoms with van der Waals surface area (Å²) in [7, 11) is 0. The van der Waals surface area contributed by atoms with Crippen molar-refractivity contribution in [2.24, 2.45) is 5.10 Å². The first-order valence-corrected chi connectivity index (χ1v) is 9.20. The third-order valence-corrected chi connectivity index (χ3v) is 5.24. The Morgan fingerprint density at radius 1 is 1.00 bits per heavy atom. The number of fused-ring (bicyclic) bond motifs is 1. The lowest BCUT2D eigenvalue weighted by Crippen LogP contribution is -2.20. The molecule has 122 valence electrons. The standard InChI is InChI=1S/C19H12BrN3OS/c20-17-11-10-14(25-17)12-21-23-18(13-6-2-1-3-7-13)22-16-9-5-4-8-15(16)19(23)24/h1-12H. The Balaban J connectivity index is 1.95. The van der Waals surface area contributed by atoms with E-state index in [0.717, 1.165) is 14.2 Å². The van der Waals surface area contributed by atoms with Crippen molar-refractivity contribution < 1.29 is 0 Å². The molecule has 0 aliphatic carbocycles. The summed E-state index contributed by atoms with van der Waals surface area (Å²) in [6, 6.07) is 20.8. The van der Waals surface area contributed by atoms with Crippen LogP contribution in [0.25, 0.3) is 22.3 Å². The van der Waals surface area contributed by atoms with Gasteiger partial charge >= 0.3 is 0 Å². The highest BCUT2D eigenvalue weighted by Gasteiger charge is 2.11. The van der Waals surface area contributed by atoms with Crippen LogP contribution in [0, 0.1) is 0 Å². The van der Waals surface area contributed by atoms with Crippen LogP contribution in [0.1, 0.15) is 4.88 Å². The molecule has 0 atom stereocenters. The van der Waals surface area contributed by atoms with Gasteiger partial charge in [0.05, 0.1) is 20.9 Å². The summed E-state index contributed by atoms with van der Waals surface area (Å²) in [5.74, 6) is 0.524. The maximum atomic E-state index is 13.0. The fraction of sp³-hybridized carbons (Fsp3) is 0. The molecule has 25 heavy (non-hydrogen) atoms. The number of hydrogen-bond acceptors (Lipinski definition) is 4. The number of thiophene rings is 1. The molecule has 0 fully saturated rings. The molecule has 4 nitrogen and oxygen atoms in total. The van der Waals surface area contributed by atoms with E-state index in [-0.39, 0.29) is 5.56 Å². The van der Waals surface area contributed by atoms with Gasteiger partial charge in [0.15, 0.2) is 5.82 Å². The molecule has 0 aliphatic rings. The highest BCUT2D eigenvalue weighted by molar-refractivity contribution is 9.11. The van der Waals surface area contributed by atoms with Gasteiger partial charge in [-0.3, -0.25) is 4.79 Å². The summed E-state index contributed by atoms with van der Waals surface area (Å²) in [6.07, 6.45) is 1.68. The van der Waals surface area contributed by atoms with Crippen LogP contribution in [0.3, 0.4) is 0 Å². The van der Waals surface area contributed by atoms with Crippen molar-refractivity contribution in [1.29, 1.82) is 0 Å². The Hall–Kier alpha value is -2.57. The van der Waals surface area contributed by atoms with Gasteiger partial charge < -0.3 is 0 Å². The molecular weight excluding hydrogens is 398 g/mol. The molecule has 2 heterocycles. The molecular formula is C19H12BrN3OS. The normalized spacial score (nSPS) is 11.4. The second-order valence-corrected chi connectivity index (χ2v) is 7.82. The first kappa shape index (κ1) is 15.9. The minimum Gasteiger partial charge on any atom is -0.267 e. The van der Waals surface area contributed by atoms with Crippen LogP contribution in [0.2, 0.25) is 0 Å². The van der Waals surface area contributed by atoms with Crippen LogP contribution < -0.4 is 5.56 Å². The van der Waals surface area contributed by atoms with Gasteiger partial charge in [-0.05, 0) is 40.2 Å². The van der Waals surface area contributed by atoms with E-state index in [1.165, 1.54) is 4.68 Å². The number of halogens is 1. The van der Waals surface area contributed by atoms with Gasteiger partial charge in [-0.15, -0.1) is 11.3 Å². The van der Waals surface area contributed by atoms with Crippen molar-refractivity contribution in [3.8, 4) is 11.4 Å². The molecule has 0 saturated heterocycles. The molecule has 4 rings (SSSR count). The SMILES string of the molecule is O=c1c2ccccc2nc(-c2ccccc2)n1N=Cc1ccc(Br)s1. The van der Waals surface area contributed by atoms with Crippen molar-refractivity contribution in [3.05, 3.63) is 85.7 Å². The minimum atomic E-state index is -0.184. The Morgan fingerprint density at radius 3 is 2.52 bits per heavy atom. The Kier molecular flexibility index (Phi) is 4.29. The zero-order valence-electron chi connectivity index (χ0n) is 13.0. The van der Waals surface area contributed by atoms with Gasteiger partial charge in [0.25, 0.3) is 5.56 Å². The molecule has 2 aromatic carbocycles. The van der Waals surface area contributed by atoms with E-state index >= 15 is 0 Å². The number of rotatable bonds is 3. The van der Waals surface area contributed by atoms with Crippen LogP contribution in [0.4, 0.5) is 0 Å². The third kappa shape index (κ3) is 3.18. The number of para-hydroxylation sites is 1. The quantitative estimate of drug-likeness (QED) is 0.457. The van der Waals surface area contributed by atoms with Gasteiger partial charge in [-0.2, -0.15) is 9.78 Å². The van der Waals surface area contributed by atoms with E-state index in [9.17, 15) is 4.79 Å². The summed E-state index contributed by atoms with van der Waals surface area (Å²) in [4.78, 5) is 18.6. The first-order valence-electron chi connectivity index (χ1n) is 7.59. The van der Waals surface area contributed by atoms with Gasteiger partial charge in [-0.1, -0.05) is 42.5 Å². The third-order valence-electron chi connectivity index (χ3n) is 3.68. The zero-order chi connectivity index (χ0) is 17.2. The van der Waals surface area contributed by atoms with Crippen LogP contribution in [-0.4, -0.2) is 15.9 Å². The second kappa shape index (κ2) is 6.74. The van der Waals surface area contributed by atoms with E-state index in [4.69, 9.17) is 0 Å². The predicted molar refractivity (Wildman–Crippen MR) is 106 cm³/mol. The lowest BCUT2D eigenvalue weighted by Gasteiger charge is -2.09. The fourth-order valence-corrected chi connectivity index (χ4v) is 3.81. The summed E-state index contributed by atoms with van der Waals surface area (Å²) in [5.41, 5.74) is 1.32. The Bertz CT molecular complexity index is 1130. The molecule has 6 heteroatoms. The summed E-state index contributed by atoms with van der Waals surface area (Å²) in [5, 5.41) is 4.97. The van der Waals surface area contributed by atoms with Gasteiger partial charge in [0.1, 0.15) is 0 Å². The van der Waals surface area contributed by atoms with E-state index in [1.54, 1.807) is 23.6 Å². The molecule has 0 radical (unpaired) electrons. The molecule has 0 bridgehead atoms. The highest BCUT2D eigenvalue weighted by Crippen LogP contribution is 2.21. The molecule has 0 unspecified atom stereocenters. The van der Waals surface area contributed by atoms with Crippen molar-refractivity contribution in [3.63, 3.8) is 0 Å². The zero-order valence-corrected chi connectivity index (χ0v) is 15.4. The van der Waals surface area contributed by atoms with Gasteiger partial charge in [0.2, 0.25) is 0 Å². The topological polar surface area (TPSA) is 47.2 Å². The van der Waals surface area contributed by atoms with Crippen LogP contribution in [0.15, 0.2) is 80.4 Å². The molecule has 0 amide bonds. The molecule has 0 N–H and O–H groups in total. The van der Waals surface area contributed by atoms with E-state index in [0.29, 0.717) is 16.7 Å². The van der Waals surface area contributed by atoms with Crippen LogP contribution in [-0.2, 0) is 0 Å². The largest absolute Gasteiger partial charge is 0.282 e. The number of hydrogen-bond donors (Lipinski definition) is 0. The number of aromatic nitrogens is 2. The number of nitrogens with zero attached hydrogens (tertiary/aromatic N) is 3. The second-order valence-electron chi connectivity index (χ2n) is 5.32. The molecule has 0 aliphatic heterocycles. The van der Waals surface area contributed by atoms with Crippen molar-refractivity contribution in [2.45, 2.75) is 0 Å². The van der Waals surface area contributed by atoms with Gasteiger partial charge in [-0.25, -0.2) is 4.98 Å². The predicted octanol–water partition coefficient (Wildman–Crippen LogP) is 4.77. The minimum absolute atomic E-state index is 0.184. The average molecular weight is 410 g/mol. The lowest BCUT2D eigenvalue weighted by molar-refractivity contribution is 0.830. The van der Waals surface area contributed by atoms with Crippen LogP contribution in [0.5, 0.6) is 0 Å². The Labute approximate surface area is 156 Å². The average Bonchev–Trinajstić information content (AvgIpc) is 3.07. The first-order chi connectivity index (χ1) is 12.2. The van der Waals surface area contributed by atoms with Gasteiger partial charge in [0, 0.05) is 10.4 Å². The molecule has 0 saturated carbocycles. The van der Waals surface area contributed by atoms with Crippen LogP contribution >= 0.6 is 27.3 Å². The summed E-state index contributed by atoms with van der Waals surface area (Å²) < 4.78 is 2.38.